The maximum absolute atomic E-state index is 12.1. The number of phenolic OH excluding ortho intramolecular Hbond substituents is 1. The lowest BCUT2D eigenvalue weighted by molar-refractivity contribution is -0.121. The minimum absolute atomic E-state index is 0.0435. The Morgan fingerprint density at radius 1 is 0.933 bits per heavy atom. The van der Waals surface area contributed by atoms with Gasteiger partial charge in [-0.3, -0.25) is 9.59 Å². The molecule has 0 aliphatic carbocycles. The van der Waals surface area contributed by atoms with Gasteiger partial charge in [0.25, 0.3) is 5.91 Å². The maximum atomic E-state index is 12.1. The number of hydrogen-bond donors (Lipinski definition) is 3. The van der Waals surface area contributed by atoms with Crippen LogP contribution < -0.4 is 24.8 Å². The van der Waals surface area contributed by atoms with Gasteiger partial charge in [-0.1, -0.05) is 6.07 Å². The third kappa shape index (κ3) is 6.58. The molecule has 8 heteroatoms. The number of amides is 2. The number of ether oxygens (including phenoxy) is 3. The van der Waals surface area contributed by atoms with E-state index in [1.807, 2.05) is 12.1 Å². The monoisotopic (exact) mass is 416 g/mol. The van der Waals surface area contributed by atoms with Crippen molar-refractivity contribution in [2.45, 2.75) is 19.3 Å². The first kappa shape index (κ1) is 22.9. The zero-order valence-corrected chi connectivity index (χ0v) is 17.5. The van der Waals surface area contributed by atoms with Crippen molar-refractivity contribution in [1.82, 2.24) is 10.6 Å². The molecule has 0 fully saturated rings. The molecule has 0 saturated carbocycles. The van der Waals surface area contributed by atoms with Crippen molar-refractivity contribution in [1.29, 1.82) is 0 Å². The van der Waals surface area contributed by atoms with Crippen molar-refractivity contribution in [2.75, 3.05) is 34.4 Å². The highest BCUT2D eigenvalue weighted by atomic mass is 16.5. The molecule has 2 amide bonds. The molecule has 2 aromatic rings. The molecule has 162 valence electrons. The molecular weight excluding hydrogens is 388 g/mol. The highest BCUT2D eigenvalue weighted by Gasteiger charge is 2.14. The summed E-state index contributed by atoms with van der Waals surface area (Å²) in [5, 5.41) is 15.0. The predicted octanol–water partition coefficient (Wildman–Crippen LogP) is 2.29. The Morgan fingerprint density at radius 3 is 2.20 bits per heavy atom. The number of phenols is 1. The van der Waals surface area contributed by atoms with Gasteiger partial charge >= 0.3 is 0 Å². The smallest absolute Gasteiger partial charge is 0.251 e. The summed E-state index contributed by atoms with van der Waals surface area (Å²) in [7, 11) is 4.64. The fourth-order valence-electron chi connectivity index (χ4n) is 2.89. The van der Waals surface area contributed by atoms with E-state index in [4.69, 9.17) is 14.2 Å². The van der Waals surface area contributed by atoms with Crippen LogP contribution in [0.2, 0.25) is 0 Å². The summed E-state index contributed by atoms with van der Waals surface area (Å²) in [5.74, 6) is 1.31. The Kier molecular flexibility index (Phi) is 8.80. The number of benzene rings is 2. The van der Waals surface area contributed by atoms with Gasteiger partial charge in [0.1, 0.15) is 5.75 Å². The molecule has 0 heterocycles. The normalized spacial score (nSPS) is 10.2. The molecular formula is C22H28N2O6. The van der Waals surface area contributed by atoms with Crippen LogP contribution in [-0.4, -0.2) is 51.3 Å². The highest BCUT2D eigenvalue weighted by molar-refractivity contribution is 5.94. The number of carbonyl (C=O) groups is 2. The number of nitrogens with one attached hydrogen (secondary N) is 2. The molecule has 0 atom stereocenters. The summed E-state index contributed by atoms with van der Waals surface area (Å²) in [4.78, 5) is 24.1. The summed E-state index contributed by atoms with van der Waals surface area (Å²) < 4.78 is 15.9. The van der Waals surface area contributed by atoms with Gasteiger partial charge in [0, 0.05) is 25.1 Å². The first-order valence-corrected chi connectivity index (χ1v) is 9.61. The van der Waals surface area contributed by atoms with Gasteiger partial charge < -0.3 is 30.0 Å². The van der Waals surface area contributed by atoms with Gasteiger partial charge in [0.05, 0.1) is 21.3 Å². The van der Waals surface area contributed by atoms with Crippen molar-refractivity contribution in [3.05, 3.63) is 47.5 Å². The quantitative estimate of drug-likeness (QED) is 0.486. The van der Waals surface area contributed by atoms with Crippen molar-refractivity contribution >= 4 is 11.8 Å². The zero-order valence-electron chi connectivity index (χ0n) is 17.5. The van der Waals surface area contributed by atoms with E-state index >= 15 is 0 Å². The molecule has 0 saturated heterocycles. The van der Waals surface area contributed by atoms with Gasteiger partial charge in [0.2, 0.25) is 11.7 Å². The Labute approximate surface area is 176 Å². The van der Waals surface area contributed by atoms with E-state index in [1.54, 1.807) is 33.5 Å². The Balaban J connectivity index is 1.72. The molecule has 0 radical (unpaired) electrons. The van der Waals surface area contributed by atoms with Crippen LogP contribution in [0.15, 0.2) is 36.4 Å². The second-order valence-corrected chi connectivity index (χ2v) is 6.54. The van der Waals surface area contributed by atoms with Crippen LogP contribution >= 0.6 is 0 Å². The maximum Gasteiger partial charge on any atom is 0.251 e. The van der Waals surface area contributed by atoms with Crippen LogP contribution in [0.3, 0.4) is 0 Å². The van der Waals surface area contributed by atoms with Crippen LogP contribution in [0.4, 0.5) is 0 Å². The van der Waals surface area contributed by atoms with Crippen molar-refractivity contribution in [3.8, 4) is 23.0 Å². The Morgan fingerprint density at radius 2 is 1.60 bits per heavy atom. The third-order valence-electron chi connectivity index (χ3n) is 4.43. The predicted molar refractivity (Wildman–Crippen MR) is 112 cm³/mol. The Bertz CT molecular complexity index is 843. The summed E-state index contributed by atoms with van der Waals surface area (Å²) in [6.07, 6.45) is 1.44. The number of aryl methyl sites for hydroxylation is 1. The number of carbonyl (C=O) groups excluding carboxylic acids is 2. The van der Waals surface area contributed by atoms with Crippen molar-refractivity contribution < 1.29 is 28.9 Å². The lowest BCUT2D eigenvalue weighted by atomic mass is 10.1. The third-order valence-corrected chi connectivity index (χ3v) is 4.43. The van der Waals surface area contributed by atoms with Gasteiger partial charge in [-0.2, -0.15) is 0 Å². The molecule has 0 spiro atoms. The van der Waals surface area contributed by atoms with Crippen LogP contribution in [0, 0.1) is 0 Å². The lowest BCUT2D eigenvalue weighted by Crippen LogP contribution is -2.30. The number of rotatable bonds is 11. The SMILES string of the molecule is COc1cc(CCC(=O)NCCCNC(=O)c2cccc(O)c2)cc(OC)c1OC. The van der Waals surface area contributed by atoms with Crippen LogP contribution in [0.5, 0.6) is 23.0 Å². The first-order chi connectivity index (χ1) is 14.5. The molecule has 8 nitrogen and oxygen atoms in total. The molecule has 0 unspecified atom stereocenters. The van der Waals surface area contributed by atoms with E-state index in [9.17, 15) is 14.7 Å². The van der Waals surface area contributed by atoms with E-state index in [2.05, 4.69) is 10.6 Å². The first-order valence-electron chi connectivity index (χ1n) is 9.61. The van der Waals surface area contributed by atoms with Gasteiger partial charge in [-0.05, 0) is 48.7 Å². The Hall–Kier alpha value is -3.42. The topological polar surface area (TPSA) is 106 Å². The molecule has 0 aliphatic heterocycles. The second-order valence-electron chi connectivity index (χ2n) is 6.54. The van der Waals surface area contributed by atoms with Gasteiger partial charge in [-0.25, -0.2) is 0 Å². The summed E-state index contributed by atoms with van der Waals surface area (Å²) >= 11 is 0. The molecule has 0 aromatic heterocycles. The van der Waals surface area contributed by atoms with E-state index in [1.165, 1.54) is 12.1 Å². The lowest BCUT2D eigenvalue weighted by Gasteiger charge is -2.14. The standard InChI is InChI=1S/C22H28N2O6/c1-28-18-12-15(13-19(29-2)21(18)30-3)8-9-20(26)23-10-5-11-24-22(27)16-6-4-7-17(25)14-16/h4,6-7,12-14,25H,5,8-11H2,1-3H3,(H,23,26)(H,24,27). The van der Waals surface area contributed by atoms with E-state index < -0.39 is 0 Å². The number of aromatic hydroxyl groups is 1. The largest absolute Gasteiger partial charge is 0.508 e. The minimum Gasteiger partial charge on any atom is -0.508 e. The summed E-state index contributed by atoms with van der Waals surface area (Å²) in [6, 6.07) is 9.79. The fraction of sp³-hybridized carbons (Fsp3) is 0.364. The summed E-state index contributed by atoms with van der Waals surface area (Å²) in [5.41, 5.74) is 1.29. The number of methoxy groups -OCH3 is 3. The second kappa shape index (κ2) is 11.5. The molecule has 3 N–H and O–H groups in total. The molecule has 0 aliphatic rings. The molecule has 2 rings (SSSR count). The number of hydrogen-bond acceptors (Lipinski definition) is 6. The highest BCUT2D eigenvalue weighted by Crippen LogP contribution is 2.38. The minimum atomic E-state index is -0.264. The van der Waals surface area contributed by atoms with Gasteiger partial charge in [0.15, 0.2) is 11.5 Å². The molecule has 0 bridgehead atoms. The van der Waals surface area contributed by atoms with Crippen molar-refractivity contribution in [2.24, 2.45) is 0 Å². The average molecular weight is 416 g/mol. The average Bonchev–Trinajstić information content (AvgIpc) is 2.76. The van der Waals surface area contributed by atoms with Crippen LogP contribution in [0.25, 0.3) is 0 Å². The summed E-state index contributed by atoms with van der Waals surface area (Å²) in [6.45, 7) is 0.871. The van der Waals surface area contributed by atoms with Crippen molar-refractivity contribution in [3.63, 3.8) is 0 Å². The van der Waals surface area contributed by atoms with Crippen LogP contribution in [0.1, 0.15) is 28.8 Å². The molecule has 30 heavy (non-hydrogen) atoms. The fourth-order valence-corrected chi connectivity index (χ4v) is 2.89. The van der Waals surface area contributed by atoms with E-state index in [0.29, 0.717) is 55.2 Å². The molecule has 2 aromatic carbocycles. The van der Waals surface area contributed by atoms with E-state index in [0.717, 1.165) is 5.56 Å². The van der Waals surface area contributed by atoms with E-state index in [-0.39, 0.29) is 17.6 Å². The van der Waals surface area contributed by atoms with Crippen LogP contribution in [-0.2, 0) is 11.2 Å². The van der Waals surface area contributed by atoms with Gasteiger partial charge in [-0.15, -0.1) is 0 Å². The zero-order chi connectivity index (χ0) is 21.9.